The van der Waals surface area contributed by atoms with Crippen LogP contribution in [0.1, 0.15) is 39.5 Å². The highest BCUT2D eigenvalue weighted by atomic mass is 16.4. The quantitative estimate of drug-likeness (QED) is 0.651. The molecule has 21 heavy (non-hydrogen) atoms. The lowest BCUT2D eigenvalue weighted by atomic mass is 9.97. The van der Waals surface area contributed by atoms with Crippen LogP contribution in [0.2, 0.25) is 0 Å². The minimum absolute atomic E-state index is 0.181. The lowest BCUT2D eigenvalue weighted by Crippen LogP contribution is -2.30. The van der Waals surface area contributed by atoms with Gasteiger partial charge in [0.2, 0.25) is 0 Å². The molecular formula is C14H24N4O3. The van der Waals surface area contributed by atoms with E-state index in [0.717, 1.165) is 19.4 Å². The van der Waals surface area contributed by atoms with Gasteiger partial charge in [0, 0.05) is 25.7 Å². The Bertz CT molecular complexity index is 459. The summed E-state index contributed by atoms with van der Waals surface area (Å²) in [7, 11) is 0. The van der Waals surface area contributed by atoms with E-state index in [-0.39, 0.29) is 12.5 Å². The summed E-state index contributed by atoms with van der Waals surface area (Å²) < 4.78 is 1.73. The van der Waals surface area contributed by atoms with Crippen molar-refractivity contribution in [2.45, 2.75) is 46.1 Å². The predicted molar refractivity (Wildman–Crippen MR) is 80.2 cm³/mol. The topological polar surface area (TPSA) is 96.3 Å². The molecule has 1 heterocycles. The number of carboxylic acids is 1. The molecule has 0 radical (unpaired) electrons. The fourth-order valence-electron chi connectivity index (χ4n) is 2.05. The van der Waals surface area contributed by atoms with E-state index < -0.39 is 5.97 Å². The number of amides is 2. The summed E-state index contributed by atoms with van der Waals surface area (Å²) in [4.78, 5) is 22.2. The second-order valence-corrected chi connectivity index (χ2v) is 4.96. The molecule has 7 heteroatoms. The number of hydrogen-bond acceptors (Lipinski definition) is 3. The van der Waals surface area contributed by atoms with Gasteiger partial charge in [-0.3, -0.25) is 9.48 Å². The van der Waals surface area contributed by atoms with Crippen molar-refractivity contribution in [3.63, 3.8) is 0 Å². The van der Waals surface area contributed by atoms with Gasteiger partial charge in [-0.1, -0.05) is 13.3 Å². The van der Waals surface area contributed by atoms with Crippen molar-refractivity contribution in [2.75, 3.05) is 11.9 Å². The number of hydrogen-bond donors (Lipinski definition) is 3. The molecule has 7 nitrogen and oxygen atoms in total. The number of aromatic nitrogens is 2. The second-order valence-electron chi connectivity index (χ2n) is 4.96. The number of carbonyl (C=O) groups excluding carboxylic acids is 1. The molecule has 1 rings (SSSR count). The highest BCUT2D eigenvalue weighted by Gasteiger charge is 2.10. The molecule has 0 saturated carbocycles. The van der Waals surface area contributed by atoms with Crippen molar-refractivity contribution in [3.05, 3.63) is 12.4 Å². The van der Waals surface area contributed by atoms with Gasteiger partial charge in [-0.15, -0.1) is 0 Å². The third-order valence-electron chi connectivity index (χ3n) is 3.40. The number of aliphatic carboxylic acids is 1. The number of aryl methyl sites for hydroxylation is 1. The predicted octanol–water partition coefficient (Wildman–Crippen LogP) is 2.31. The Morgan fingerprint density at radius 2 is 2.14 bits per heavy atom. The van der Waals surface area contributed by atoms with Crippen LogP contribution in [0.3, 0.4) is 0 Å². The zero-order valence-electron chi connectivity index (χ0n) is 12.6. The number of nitrogens with one attached hydrogen (secondary N) is 2. The summed E-state index contributed by atoms with van der Waals surface area (Å²) in [6, 6.07) is -0.265. The maximum atomic E-state index is 11.7. The fraction of sp³-hybridized carbons (Fsp3) is 0.643. The smallest absolute Gasteiger partial charge is 0.319 e. The summed E-state index contributed by atoms with van der Waals surface area (Å²) in [5.41, 5.74) is 0.660. The fourth-order valence-corrected chi connectivity index (χ4v) is 2.05. The van der Waals surface area contributed by atoms with Gasteiger partial charge in [0.15, 0.2) is 0 Å². The summed E-state index contributed by atoms with van der Waals surface area (Å²) in [6.45, 7) is 5.29. The molecule has 0 aliphatic heterocycles. The minimum Gasteiger partial charge on any atom is -0.481 e. The minimum atomic E-state index is -0.771. The number of rotatable bonds is 9. The van der Waals surface area contributed by atoms with Crippen LogP contribution in [0.4, 0.5) is 10.5 Å². The molecule has 1 atom stereocenters. The van der Waals surface area contributed by atoms with Crippen LogP contribution in [0.15, 0.2) is 12.4 Å². The van der Waals surface area contributed by atoms with E-state index in [4.69, 9.17) is 5.11 Å². The van der Waals surface area contributed by atoms with Gasteiger partial charge in [-0.25, -0.2) is 4.79 Å². The molecule has 1 aromatic heterocycles. The third kappa shape index (κ3) is 6.78. The molecule has 1 unspecified atom stereocenters. The first-order chi connectivity index (χ1) is 10.0. The van der Waals surface area contributed by atoms with E-state index in [1.54, 1.807) is 17.1 Å². The maximum absolute atomic E-state index is 11.7. The van der Waals surface area contributed by atoms with E-state index in [0.29, 0.717) is 24.6 Å². The number of nitrogens with zero attached hydrogens (tertiary/aromatic N) is 2. The van der Waals surface area contributed by atoms with Gasteiger partial charge >= 0.3 is 12.0 Å². The average molecular weight is 296 g/mol. The van der Waals surface area contributed by atoms with E-state index >= 15 is 0 Å². The summed E-state index contributed by atoms with van der Waals surface area (Å²) in [5.74, 6) is -0.448. The van der Waals surface area contributed by atoms with Crippen molar-refractivity contribution < 1.29 is 14.7 Å². The van der Waals surface area contributed by atoms with Crippen molar-refractivity contribution in [3.8, 4) is 0 Å². The molecule has 0 saturated heterocycles. The summed E-state index contributed by atoms with van der Waals surface area (Å²) in [6.07, 6.45) is 5.90. The first kappa shape index (κ1) is 17.0. The van der Waals surface area contributed by atoms with Gasteiger partial charge in [-0.05, 0) is 25.7 Å². The van der Waals surface area contributed by atoms with E-state index in [1.807, 2.05) is 13.8 Å². The Morgan fingerprint density at radius 1 is 1.38 bits per heavy atom. The van der Waals surface area contributed by atoms with E-state index in [1.165, 1.54) is 0 Å². The molecule has 118 valence electrons. The lowest BCUT2D eigenvalue weighted by molar-refractivity contribution is -0.137. The van der Waals surface area contributed by atoms with Gasteiger partial charge < -0.3 is 15.7 Å². The van der Waals surface area contributed by atoms with Crippen LogP contribution in [-0.2, 0) is 11.3 Å². The van der Waals surface area contributed by atoms with E-state index in [9.17, 15) is 9.59 Å². The molecule has 0 aromatic carbocycles. The largest absolute Gasteiger partial charge is 0.481 e. The maximum Gasteiger partial charge on any atom is 0.319 e. The summed E-state index contributed by atoms with van der Waals surface area (Å²) in [5, 5.41) is 18.2. The van der Waals surface area contributed by atoms with Crippen LogP contribution >= 0.6 is 0 Å². The Labute approximate surface area is 124 Å². The SMILES string of the molecule is CCC(CCNC(=O)Nc1cnn(CC)c1)CCC(=O)O. The van der Waals surface area contributed by atoms with Crippen LogP contribution in [0.5, 0.6) is 0 Å². The Kier molecular flexibility index (Phi) is 7.28. The van der Waals surface area contributed by atoms with Gasteiger partial charge in [0.1, 0.15) is 0 Å². The Balaban J connectivity index is 2.24. The molecule has 1 aromatic rings. The first-order valence-corrected chi connectivity index (χ1v) is 7.34. The number of urea groups is 1. The molecule has 0 fully saturated rings. The van der Waals surface area contributed by atoms with Crippen molar-refractivity contribution >= 4 is 17.7 Å². The van der Waals surface area contributed by atoms with Crippen LogP contribution in [-0.4, -0.2) is 33.4 Å². The molecule has 0 aliphatic carbocycles. The van der Waals surface area contributed by atoms with Crippen LogP contribution in [0, 0.1) is 5.92 Å². The van der Waals surface area contributed by atoms with Gasteiger partial charge in [0.25, 0.3) is 0 Å². The molecule has 2 amide bonds. The standard InChI is InChI=1S/C14H24N4O3/c1-3-11(5-6-13(19)20)7-8-15-14(21)17-12-9-16-18(4-2)10-12/h9-11H,3-8H2,1-2H3,(H,19,20)(H2,15,17,21). The zero-order valence-corrected chi connectivity index (χ0v) is 12.6. The molecule has 0 spiro atoms. The molecule has 3 N–H and O–H groups in total. The number of anilines is 1. The lowest BCUT2D eigenvalue weighted by Gasteiger charge is -2.14. The second kappa shape index (κ2) is 8.99. The van der Waals surface area contributed by atoms with Crippen molar-refractivity contribution in [1.82, 2.24) is 15.1 Å². The van der Waals surface area contributed by atoms with Crippen molar-refractivity contribution in [2.24, 2.45) is 5.92 Å². The highest BCUT2D eigenvalue weighted by molar-refractivity contribution is 5.88. The average Bonchev–Trinajstić information content (AvgIpc) is 2.89. The number of carboxylic acid groups (broad SMARTS) is 1. The van der Waals surface area contributed by atoms with Gasteiger partial charge in [-0.2, -0.15) is 5.10 Å². The number of carbonyl (C=O) groups is 2. The summed E-state index contributed by atoms with van der Waals surface area (Å²) >= 11 is 0. The molecular weight excluding hydrogens is 272 g/mol. The Morgan fingerprint density at radius 3 is 2.71 bits per heavy atom. The monoisotopic (exact) mass is 296 g/mol. The molecule has 0 aliphatic rings. The normalized spacial score (nSPS) is 11.9. The van der Waals surface area contributed by atoms with E-state index in [2.05, 4.69) is 15.7 Å². The van der Waals surface area contributed by atoms with Crippen LogP contribution in [0.25, 0.3) is 0 Å². The van der Waals surface area contributed by atoms with Crippen molar-refractivity contribution in [1.29, 1.82) is 0 Å². The first-order valence-electron chi connectivity index (χ1n) is 7.34. The molecule has 0 bridgehead atoms. The van der Waals surface area contributed by atoms with Gasteiger partial charge in [0.05, 0.1) is 11.9 Å². The highest BCUT2D eigenvalue weighted by Crippen LogP contribution is 2.14. The Hall–Kier alpha value is -2.05. The third-order valence-corrected chi connectivity index (χ3v) is 3.40. The van der Waals surface area contributed by atoms with Crippen LogP contribution < -0.4 is 10.6 Å². The zero-order chi connectivity index (χ0) is 15.7.